The number of rotatable bonds is 5. The molecule has 1 aromatic rings. The lowest BCUT2D eigenvalue weighted by molar-refractivity contribution is -0.138. The van der Waals surface area contributed by atoms with E-state index in [-0.39, 0.29) is 12.5 Å². The highest BCUT2D eigenvalue weighted by molar-refractivity contribution is 5.69. The third kappa shape index (κ3) is 2.72. The summed E-state index contributed by atoms with van der Waals surface area (Å²) in [5.41, 5.74) is 6.42. The van der Waals surface area contributed by atoms with Crippen molar-refractivity contribution < 1.29 is 19.4 Å². The van der Waals surface area contributed by atoms with Gasteiger partial charge in [-0.3, -0.25) is 4.79 Å². The van der Waals surface area contributed by atoms with E-state index in [1.807, 2.05) is 32.0 Å². The summed E-state index contributed by atoms with van der Waals surface area (Å²) in [4.78, 5) is 11.2. The number of carboxylic acids is 1. The first-order valence-corrected chi connectivity index (χ1v) is 6.85. The molecule has 2 unspecified atom stereocenters. The van der Waals surface area contributed by atoms with Gasteiger partial charge in [-0.2, -0.15) is 0 Å². The Hall–Kier alpha value is -1.75. The second-order valence-electron chi connectivity index (χ2n) is 5.36. The molecule has 1 aliphatic rings. The Balaban J connectivity index is 2.40. The maximum atomic E-state index is 11.2. The Kier molecular flexibility index (Phi) is 4.18. The van der Waals surface area contributed by atoms with E-state index >= 15 is 0 Å². The van der Waals surface area contributed by atoms with Gasteiger partial charge in [0, 0.05) is 11.5 Å². The van der Waals surface area contributed by atoms with Crippen LogP contribution < -0.4 is 15.2 Å². The minimum Gasteiger partial charge on any atom is -0.486 e. The van der Waals surface area contributed by atoms with E-state index in [1.165, 1.54) is 0 Å². The van der Waals surface area contributed by atoms with Crippen LogP contribution in [-0.2, 0) is 10.2 Å². The van der Waals surface area contributed by atoms with Gasteiger partial charge < -0.3 is 20.3 Å². The minimum atomic E-state index is -0.855. The van der Waals surface area contributed by atoms with E-state index in [1.54, 1.807) is 0 Å². The molecule has 0 aliphatic carbocycles. The Morgan fingerprint density at radius 2 is 2.05 bits per heavy atom. The van der Waals surface area contributed by atoms with Crippen molar-refractivity contribution in [1.82, 2.24) is 0 Å². The average Bonchev–Trinajstić information content (AvgIpc) is 2.45. The number of nitrogens with two attached hydrogens (primary N) is 1. The number of benzene rings is 1. The van der Waals surface area contributed by atoms with Crippen molar-refractivity contribution in [3.05, 3.63) is 23.8 Å². The molecule has 1 aromatic carbocycles. The summed E-state index contributed by atoms with van der Waals surface area (Å²) in [6.07, 6.45) is 0.694. The van der Waals surface area contributed by atoms with E-state index in [9.17, 15) is 9.90 Å². The van der Waals surface area contributed by atoms with E-state index < -0.39 is 11.4 Å². The number of hydrogen-bond donors (Lipinski definition) is 2. The highest BCUT2D eigenvalue weighted by Crippen LogP contribution is 2.38. The molecule has 2 rings (SSSR count). The van der Waals surface area contributed by atoms with Crippen molar-refractivity contribution in [2.75, 3.05) is 13.2 Å². The third-order valence-corrected chi connectivity index (χ3v) is 3.98. The Bertz CT molecular complexity index is 503. The van der Waals surface area contributed by atoms with Crippen LogP contribution in [0.5, 0.6) is 11.5 Å². The number of carbonyl (C=O) groups is 1. The number of fused-ring (bicyclic) bond motifs is 1. The molecule has 20 heavy (non-hydrogen) atoms. The van der Waals surface area contributed by atoms with Gasteiger partial charge in [0.2, 0.25) is 0 Å². The van der Waals surface area contributed by atoms with Gasteiger partial charge in [0.15, 0.2) is 11.5 Å². The maximum absolute atomic E-state index is 11.2. The Morgan fingerprint density at radius 1 is 1.40 bits per heavy atom. The molecule has 0 bridgehead atoms. The number of carboxylic acid groups (broad SMARTS) is 1. The molecule has 0 spiro atoms. The summed E-state index contributed by atoms with van der Waals surface area (Å²) >= 11 is 0. The fourth-order valence-electron chi connectivity index (χ4n) is 2.61. The van der Waals surface area contributed by atoms with E-state index in [0.717, 1.165) is 5.56 Å². The molecule has 0 amide bonds. The van der Waals surface area contributed by atoms with Crippen LogP contribution in [0.1, 0.15) is 32.3 Å². The molecule has 2 atom stereocenters. The largest absolute Gasteiger partial charge is 0.486 e. The van der Waals surface area contributed by atoms with Gasteiger partial charge >= 0.3 is 5.97 Å². The lowest BCUT2D eigenvalue weighted by Gasteiger charge is -2.35. The molecular formula is C15H21NO4. The Morgan fingerprint density at radius 3 is 2.65 bits per heavy atom. The first-order valence-electron chi connectivity index (χ1n) is 6.85. The summed E-state index contributed by atoms with van der Waals surface area (Å²) in [5, 5.41) is 9.18. The van der Waals surface area contributed by atoms with Crippen molar-refractivity contribution in [2.24, 2.45) is 5.73 Å². The van der Waals surface area contributed by atoms with E-state index in [0.29, 0.717) is 31.1 Å². The van der Waals surface area contributed by atoms with Gasteiger partial charge in [-0.25, -0.2) is 0 Å². The molecule has 0 fully saturated rings. The molecular weight excluding hydrogens is 258 g/mol. The third-order valence-electron chi connectivity index (χ3n) is 3.98. The van der Waals surface area contributed by atoms with Gasteiger partial charge in [0.05, 0.1) is 6.42 Å². The van der Waals surface area contributed by atoms with Crippen molar-refractivity contribution in [1.29, 1.82) is 0 Å². The van der Waals surface area contributed by atoms with Crippen LogP contribution in [0, 0.1) is 0 Å². The second kappa shape index (κ2) is 5.71. The maximum Gasteiger partial charge on any atom is 0.304 e. The quantitative estimate of drug-likeness (QED) is 0.860. The SMILES string of the molecule is CCC(N)C(C)(CC(=O)O)c1ccc2c(c1)OCCO2. The van der Waals surface area contributed by atoms with E-state index in [4.69, 9.17) is 15.2 Å². The molecule has 1 heterocycles. The normalized spacial score (nSPS) is 18.1. The summed E-state index contributed by atoms with van der Waals surface area (Å²) in [6.45, 7) is 4.89. The minimum absolute atomic E-state index is 0.0123. The van der Waals surface area contributed by atoms with Crippen LogP contribution in [0.4, 0.5) is 0 Å². The average molecular weight is 279 g/mol. The molecule has 0 saturated carbocycles. The van der Waals surface area contributed by atoms with Crippen LogP contribution in [0.3, 0.4) is 0 Å². The lowest BCUT2D eigenvalue weighted by atomic mass is 9.72. The van der Waals surface area contributed by atoms with Crippen LogP contribution in [0.15, 0.2) is 18.2 Å². The van der Waals surface area contributed by atoms with Crippen molar-refractivity contribution in [2.45, 2.75) is 38.1 Å². The first kappa shape index (κ1) is 14.7. The topological polar surface area (TPSA) is 81.8 Å². The molecule has 1 aliphatic heterocycles. The highest BCUT2D eigenvalue weighted by Gasteiger charge is 2.36. The zero-order valence-electron chi connectivity index (χ0n) is 11.9. The van der Waals surface area contributed by atoms with Crippen molar-refractivity contribution in [3.8, 4) is 11.5 Å². The predicted octanol–water partition coefficient (Wildman–Crippen LogP) is 1.93. The molecule has 5 heteroatoms. The van der Waals surface area contributed by atoms with Crippen molar-refractivity contribution >= 4 is 5.97 Å². The molecule has 0 aromatic heterocycles. The zero-order valence-corrected chi connectivity index (χ0v) is 11.9. The second-order valence-corrected chi connectivity index (χ2v) is 5.36. The van der Waals surface area contributed by atoms with Gasteiger partial charge in [-0.1, -0.05) is 19.9 Å². The fourth-order valence-corrected chi connectivity index (χ4v) is 2.61. The fraction of sp³-hybridized carbons (Fsp3) is 0.533. The monoisotopic (exact) mass is 279 g/mol. The summed E-state index contributed by atoms with van der Waals surface area (Å²) in [6, 6.07) is 5.33. The van der Waals surface area contributed by atoms with Gasteiger partial charge in [0.1, 0.15) is 13.2 Å². The highest BCUT2D eigenvalue weighted by atomic mass is 16.6. The van der Waals surface area contributed by atoms with Gasteiger partial charge in [0.25, 0.3) is 0 Å². The predicted molar refractivity (Wildman–Crippen MR) is 75.3 cm³/mol. The molecule has 110 valence electrons. The summed E-state index contributed by atoms with van der Waals surface area (Å²) in [7, 11) is 0. The molecule has 5 nitrogen and oxygen atoms in total. The van der Waals surface area contributed by atoms with Crippen LogP contribution in [-0.4, -0.2) is 30.3 Å². The standard InChI is InChI=1S/C15H21NO4/c1-3-13(16)15(2,9-14(17)18)10-4-5-11-12(8-10)20-7-6-19-11/h4-5,8,13H,3,6-7,9,16H2,1-2H3,(H,17,18). The van der Waals surface area contributed by atoms with Gasteiger partial charge in [-0.05, 0) is 24.1 Å². The Labute approximate surface area is 118 Å². The summed E-state index contributed by atoms with van der Waals surface area (Å²) in [5.74, 6) is 0.503. The number of hydrogen-bond acceptors (Lipinski definition) is 4. The van der Waals surface area contributed by atoms with E-state index in [2.05, 4.69) is 0 Å². The van der Waals surface area contributed by atoms with Crippen molar-refractivity contribution in [3.63, 3.8) is 0 Å². The lowest BCUT2D eigenvalue weighted by Crippen LogP contribution is -2.44. The zero-order chi connectivity index (χ0) is 14.8. The smallest absolute Gasteiger partial charge is 0.304 e. The van der Waals surface area contributed by atoms with Crippen LogP contribution in [0.2, 0.25) is 0 Å². The first-order chi connectivity index (χ1) is 9.47. The molecule has 3 N–H and O–H groups in total. The molecule has 0 saturated heterocycles. The van der Waals surface area contributed by atoms with Gasteiger partial charge in [-0.15, -0.1) is 0 Å². The molecule has 0 radical (unpaired) electrons. The number of ether oxygens (including phenoxy) is 2. The number of aliphatic carboxylic acids is 1. The van der Waals surface area contributed by atoms with Crippen LogP contribution >= 0.6 is 0 Å². The summed E-state index contributed by atoms with van der Waals surface area (Å²) < 4.78 is 11.1. The van der Waals surface area contributed by atoms with Crippen LogP contribution in [0.25, 0.3) is 0 Å².